The first-order chi connectivity index (χ1) is 11.0. The molecule has 1 aromatic carbocycles. The third-order valence-electron chi connectivity index (χ3n) is 3.93. The van der Waals surface area contributed by atoms with Gasteiger partial charge in [0.15, 0.2) is 0 Å². The van der Waals surface area contributed by atoms with Crippen molar-refractivity contribution in [3.05, 3.63) is 41.8 Å². The lowest BCUT2D eigenvalue weighted by atomic mass is 10.2. The lowest BCUT2D eigenvalue weighted by molar-refractivity contribution is 0.171. The molecule has 2 aromatic rings. The molecule has 0 unspecified atom stereocenters. The van der Waals surface area contributed by atoms with Gasteiger partial charge in [0.25, 0.3) is 10.0 Å². The zero-order valence-corrected chi connectivity index (χ0v) is 14.8. The molecule has 1 aliphatic heterocycles. The third-order valence-corrected chi connectivity index (χ3v) is 7.12. The van der Waals surface area contributed by atoms with Gasteiger partial charge in [-0.3, -0.25) is 0 Å². The van der Waals surface area contributed by atoms with Crippen molar-refractivity contribution in [3.63, 3.8) is 0 Å². The summed E-state index contributed by atoms with van der Waals surface area (Å²) in [6, 6.07) is 11.3. The summed E-state index contributed by atoms with van der Waals surface area (Å²) in [5.41, 5.74) is 1.06. The Morgan fingerprint density at radius 2 is 2.09 bits per heavy atom. The number of hydrogen-bond donors (Lipinski definition) is 0. The SMILES string of the molecule is CCN1C[C@@H](CN(C)S(=O)(=O)c2cccs2)Oc2ccccc21. The summed E-state index contributed by atoms with van der Waals surface area (Å²) in [6.45, 7) is 3.95. The van der Waals surface area contributed by atoms with Crippen LogP contribution in [0.5, 0.6) is 5.75 Å². The number of thiophene rings is 1. The molecule has 7 heteroatoms. The zero-order valence-electron chi connectivity index (χ0n) is 13.2. The molecule has 0 bridgehead atoms. The summed E-state index contributed by atoms with van der Waals surface area (Å²) in [7, 11) is -1.84. The van der Waals surface area contributed by atoms with E-state index in [-0.39, 0.29) is 6.10 Å². The Hall–Kier alpha value is -1.57. The molecule has 1 aromatic heterocycles. The first-order valence-electron chi connectivity index (χ1n) is 7.53. The van der Waals surface area contributed by atoms with Crippen molar-refractivity contribution in [1.29, 1.82) is 0 Å². The van der Waals surface area contributed by atoms with Gasteiger partial charge in [0.2, 0.25) is 0 Å². The van der Waals surface area contributed by atoms with E-state index in [0.29, 0.717) is 17.3 Å². The number of ether oxygens (including phenoxy) is 1. The molecule has 1 aliphatic rings. The molecule has 0 saturated carbocycles. The highest BCUT2D eigenvalue weighted by atomic mass is 32.2. The van der Waals surface area contributed by atoms with E-state index in [2.05, 4.69) is 11.8 Å². The Morgan fingerprint density at radius 3 is 2.78 bits per heavy atom. The van der Waals surface area contributed by atoms with Crippen molar-refractivity contribution in [3.8, 4) is 5.75 Å². The van der Waals surface area contributed by atoms with Gasteiger partial charge in [-0.15, -0.1) is 11.3 Å². The van der Waals surface area contributed by atoms with E-state index in [0.717, 1.165) is 18.0 Å². The molecule has 5 nitrogen and oxygen atoms in total. The molecule has 3 rings (SSSR count). The van der Waals surface area contributed by atoms with Gasteiger partial charge in [-0.05, 0) is 30.5 Å². The average molecular weight is 352 g/mol. The van der Waals surface area contributed by atoms with Gasteiger partial charge in [0.05, 0.1) is 18.8 Å². The largest absolute Gasteiger partial charge is 0.485 e. The number of fused-ring (bicyclic) bond motifs is 1. The van der Waals surface area contributed by atoms with Crippen LogP contribution in [0.15, 0.2) is 46.0 Å². The van der Waals surface area contributed by atoms with E-state index < -0.39 is 10.0 Å². The summed E-state index contributed by atoms with van der Waals surface area (Å²) in [5, 5.41) is 1.77. The maximum Gasteiger partial charge on any atom is 0.252 e. The maximum absolute atomic E-state index is 12.5. The minimum Gasteiger partial charge on any atom is -0.485 e. The molecule has 0 radical (unpaired) electrons. The van der Waals surface area contributed by atoms with Crippen LogP contribution >= 0.6 is 11.3 Å². The molecule has 23 heavy (non-hydrogen) atoms. The minimum absolute atomic E-state index is 0.190. The highest BCUT2D eigenvalue weighted by Crippen LogP contribution is 2.33. The molecule has 0 aliphatic carbocycles. The van der Waals surface area contributed by atoms with Crippen LogP contribution in [0.25, 0.3) is 0 Å². The zero-order chi connectivity index (χ0) is 16.4. The van der Waals surface area contributed by atoms with Crippen LogP contribution in [0.2, 0.25) is 0 Å². The predicted molar refractivity (Wildman–Crippen MR) is 92.9 cm³/mol. The maximum atomic E-state index is 12.5. The highest BCUT2D eigenvalue weighted by molar-refractivity contribution is 7.91. The van der Waals surface area contributed by atoms with E-state index in [1.54, 1.807) is 24.6 Å². The van der Waals surface area contributed by atoms with Crippen molar-refractivity contribution in [2.24, 2.45) is 0 Å². The van der Waals surface area contributed by atoms with Crippen molar-refractivity contribution < 1.29 is 13.2 Å². The van der Waals surface area contributed by atoms with Crippen LogP contribution in [-0.4, -0.2) is 45.5 Å². The lowest BCUT2D eigenvalue weighted by Crippen LogP contribution is -2.46. The fourth-order valence-corrected chi connectivity index (χ4v) is 5.13. The van der Waals surface area contributed by atoms with Crippen molar-refractivity contribution in [2.75, 3.05) is 31.6 Å². The first kappa shape index (κ1) is 16.3. The van der Waals surface area contributed by atoms with Gasteiger partial charge in [0.1, 0.15) is 16.1 Å². The monoisotopic (exact) mass is 352 g/mol. The topological polar surface area (TPSA) is 49.9 Å². The van der Waals surface area contributed by atoms with E-state index in [1.807, 2.05) is 24.3 Å². The number of sulfonamides is 1. The molecule has 0 spiro atoms. The summed E-state index contributed by atoms with van der Waals surface area (Å²) in [4.78, 5) is 2.22. The van der Waals surface area contributed by atoms with Crippen LogP contribution in [0.1, 0.15) is 6.92 Å². The molecule has 2 heterocycles. The van der Waals surface area contributed by atoms with Gasteiger partial charge in [0, 0.05) is 13.6 Å². The first-order valence-corrected chi connectivity index (χ1v) is 9.85. The molecule has 0 fully saturated rings. The van der Waals surface area contributed by atoms with Gasteiger partial charge in [-0.2, -0.15) is 4.31 Å². The summed E-state index contributed by atoms with van der Waals surface area (Å²) < 4.78 is 32.8. The van der Waals surface area contributed by atoms with Crippen LogP contribution in [0.4, 0.5) is 5.69 Å². The smallest absolute Gasteiger partial charge is 0.252 e. The number of anilines is 1. The van der Waals surface area contributed by atoms with E-state index >= 15 is 0 Å². The summed E-state index contributed by atoms with van der Waals surface area (Å²) in [6.07, 6.45) is -0.190. The summed E-state index contributed by atoms with van der Waals surface area (Å²) >= 11 is 1.23. The standard InChI is InChI=1S/C16H20N2O3S2/c1-3-18-12-13(21-15-8-5-4-7-14(15)18)11-17(2)23(19,20)16-9-6-10-22-16/h4-10,13H,3,11-12H2,1-2H3/t13-/m1/s1. The number of likely N-dealkylation sites (N-methyl/N-ethyl adjacent to an activating group) is 2. The van der Waals surface area contributed by atoms with Crippen LogP contribution < -0.4 is 9.64 Å². The second-order valence-corrected chi connectivity index (χ2v) is 8.68. The second-order valence-electron chi connectivity index (χ2n) is 5.46. The van der Waals surface area contributed by atoms with Gasteiger partial charge >= 0.3 is 0 Å². The fourth-order valence-electron chi connectivity index (χ4n) is 2.72. The van der Waals surface area contributed by atoms with Crippen molar-refractivity contribution >= 4 is 27.0 Å². The average Bonchev–Trinajstić information content (AvgIpc) is 3.09. The summed E-state index contributed by atoms with van der Waals surface area (Å²) in [5.74, 6) is 0.813. The molecule has 0 N–H and O–H groups in total. The van der Waals surface area contributed by atoms with Crippen molar-refractivity contribution in [1.82, 2.24) is 4.31 Å². The Morgan fingerprint density at radius 1 is 1.30 bits per heavy atom. The van der Waals surface area contributed by atoms with Gasteiger partial charge in [-0.25, -0.2) is 8.42 Å². The molecule has 0 amide bonds. The number of hydrogen-bond acceptors (Lipinski definition) is 5. The quantitative estimate of drug-likeness (QED) is 0.830. The number of para-hydroxylation sites is 2. The molecule has 1 atom stereocenters. The lowest BCUT2D eigenvalue weighted by Gasteiger charge is -2.36. The van der Waals surface area contributed by atoms with E-state index in [4.69, 9.17) is 4.74 Å². The molecule has 124 valence electrons. The van der Waals surface area contributed by atoms with Gasteiger partial charge < -0.3 is 9.64 Å². The van der Waals surface area contributed by atoms with Crippen LogP contribution in [0, 0.1) is 0 Å². The van der Waals surface area contributed by atoms with Gasteiger partial charge in [-0.1, -0.05) is 18.2 Å². The van der Waals surface area contributed by atoms with E-state index in [1.165, 1.54) is 15.6 Å². The fraction of sp³-hybridized carbons (Fsp3) is 0.375. The van der Waals surface area contributed by atoms with Crippen molar-refractivity contribution in [2.45, 2.75) is 17.2 Å². The van der Waals surface area contributed by atoms with E-state index in [9.17, 15) is 8.42 Å². The minimum atomic E-state index is -3.44. The normalized spacial score (nSPS) is 17.9. The Bertz CT molecular complexity index is 759. The third kappa shape index (κ3) is 3.22. The van der Waals surface area contributed by atoms with Crippen LogP contribution in [-0.2, 0) is 10.0 Å². The second kappa shape index (κ2) is 6.51. The molecule has 0 saturated heterocycles. The Balaban J connectivity index is 1.77. The predicted octanol–water partition coefficient (Wildman–Crippen LogP) is 2.66. The molecular formula is C16H20N2O3S2. The number of rotatable bonds is 5. The Labute approximate surface area is 141 Å². The number of nitrogens with zero attached hydrogens (tertiary/aromatic N) is 2. The van der Waals surface area contributed by atoms with Crippen LogP contribution in [0.3, 0.4) is 0 Å². The number of benzene rings is 1. The molecular weight excluding hydrogens is 332 g/mol. The Kier molecular flexibility index (Phi) is 4.61. The highest BCUT2D eigenvalue weighted by Gasteiger charge is 2.30.